The molecule has 1 rings (SSSR count). The first kappa shape index (κ1) is 18.7. The second kappa shape index (κ2) is 8.92. The highest BCUT2D eigenvalue weighted by Gasteiger charge is 2.25. The van der Waals surface area contributed by atoms with E-state index in [2.05, 4.69) is 0 Å². The van der Waals surface area contributed by atoms with Crippen molar-refractivity contribution in [1.82, 2.24) is 9.80 Å². The van der Waals surface area contributed by atoms with Crippen LogP contribution in [0.4, 0.5) is 0 Å². The zero-order valence-corrected chi connectivity index (χ0v) is 13.9. The number of carboxylic acids is 1. The molecule has 0 heterocycles. The molecule has 1 aromatic carbocycles. The van der Waals surface area contributed by atoms with Crippen LogP contribution in [0.15, 0.2) is 30.3 Å². The van der Waals surface area contributed by atoms with Crippen molar-refractivity contribution in [2.24, 2.45) is 0 Å². The molecule has 0 saturated heterocycles. The van der Waals surface area contributed by atoms with Gasteiger partial charge >= 0.3 is 5.97 Å². The number of amides is 2. The predicted molar refractivity (Wildman–Crippen MR) is 86.6 cm³/mol. The monoisotopic (exact) mass is 320 g/mol. The number of hydrogen-bond donors (Lipinski definition) is 1. The quantitative estimate of drug-likeness (QED) is 0.791. The van der Waals surface area contributed by atoms with Gasteiger partial charge in [0.05, 0.1) is 0 Å². The molecule has 0 aliphatic carbocycles. The van der Waals surface area contributed by atoms with Crippen LogP contribution in [-0.4, -0.2) is 52.8 Å². The topological polar surface area (TPSA) is 77.9 Å². The number of hydrogen-bond acceptors (Lipinski definition) is 3. The third kappa shape index (κ3) is 6.10. The van der Waals surface area contributed by atoms with Gasteiger partial charge in [-0.1, -0.05) is 30.3 Å². The lowest BCUT2D eigenvalue weighted by molar-refractivity contribution is -0.150. The fourth-order valence-electron chi connectivity index (χ4n) is 2.11. The number of nitrogens with zero attached hydrogens (tertiary/aromatic N) is 2. The maximum atomic E-state index is 12.4. The highest BCUT2D eigenvalue weighted by molar-refractivity contribution is 5.84. The van der Waals surface area contributed by atoms with Crippen molar-refractivity contribution in [3.63, 3.8) is 0 Å². The molecule has 1 aromatic rings. The molecule has 1 N–H and O–H groups in total. The fourth-order valence-corrected chi connectivity index (χ4v) is 2.11. The summed E-state index contributed by atoms with van der Waals surface area (Å²) < 4.78 is 0. The molecule has 0 spiro atoms. The minimum absolute atomic E-state index is 0.0429. The summed E-state index contributed by atoms with van der Waals surface area (Å²) in [7, 11) is 3.33. The zero-order chi connectivity index (χ0) is 17.4. The molecule has 0 aliphatic heterocycles. The SMILES string of the molecule is CC(C(=O)O)N(Cc1ccccc1)C(=O)CCCC(=O)N(C)C. The smallest absolute Gasteiger partial charge is 0.326 e. The van der Waals surface area contributed by atoms with Crippen LogP contribution in [0.1, 0.15) is 31.7 Å². The molecule has 0 bridgehead atoms. The second-order valence-electron chi connectivity index (χ2n) is 5.66. The van der Waals surface area contributed by atoms with Crippen LogP contribution in [-0.2, 0) is 20.9 Å². The van der Waals surface area contributed by atoms with Gasteiger partial charge in [-0.25, -0.2) is 4.79 Å². The lowest BCUT2D eigenvalue weighted by atomic mass is 10.1. The van der Waals surface area contributed by atoms with E-state index in [1.165, 1.54) is 16.7 Å². The Morgan fingerprint density at radius 1 is 1.04 bits per heavy atom. The van der Waals surface area contributed by atoms with Crippen LogP contribution in [0.3, 0.4) is 0 Å². The number of rotatable bonds is 8. The molecular formula is C17H24N2O4. The highest BCUT2D eigenvalue weighted by Crippen LogP contribution is 2.12. The first-order chi connectivity index (χ1) is 10.8. The highest BCUT2D eigenvalue weighted by atomic mass is 16.4. The summed E-state index contributed by atoms with van der Waals surface area (Å²) in [6.45, 7) is 1.74. The maximum absolute atomic E-state index is 12.4. The van der Waals surface area contributed by atoms with Gasteiger partial charge in [0.25, 0.3) is 0 Å². The molecule has 6 heteroatoms. The number of carbonyl (C=O) groups excluding carboxylic acids is 2. The molecule has 0 aromatic heterocycles. The third-order valence-electron chi connectivity index (χ3n) is 3.62. The predicted octanol–water partition coefficient (Wildman–Crippen LogP) is 1.75. The van der Waals surface area contributed by atoms with E-state index in [9.17, 15) is 19.5 Å². The molecule has 126 valence electrons. The first-order valence-electron chi connectivity index (χ1n) is 7.59. The second-order valence-corrected chi connectivity index (χ2v) is 5.66. The average molecular weight is 320 g/mol. The van der Waals surface area contributed by atoms with E-state index in [1.54, 1.807) is 14.1 Å². The van der Waals surface area contributed by atoms with Gasteiger partial charge in [0, 0.05) is 33.5 Å². The van der Waals surface area contributed by atoms with Gasteiger partial charge in [-0.05, 0) is 18.9 Å². The number of benzene rings is 1. The molecule has 0 radical (unpaired) electrons. The molecule has 23 heavy (non-hydrogen) atoms. The summed E-state index contributed by atoms with van der Waals surface area (Å²) in [5.74, 6) is -1.34. The van der Waals surface area contributed by atoms with E-state index in [0.717, 1.165) is 5.56 Å². The van der Waals surface area contributed by atoms with Crippen LogP contribution >= 0.6 is 0 Å². The number of carbonyl (C=O) groups is 3. The Morgan fingerprint density at radius 3 is 2.13 bits per heavy atom. The molecule has 0 saturated carbocycles. The van der Waals surface area contributed by atoms with Crippen molar-refractivity contribution in [3.05, 3.63) is 35.9 Å². The lowest BCUT2D eigenvalue weighted by Gasteiger charge is -2.27. The van der Waals surface area contributed by atoms with E-state index in [0.29, 0.717) is 6.42 Å². The Bertz CT molecular complexity index is 543. The Labute approximate surface area is 136 Å². The van der Waals surface area contributed by atoms with Crippen molar-refractivity contribution in [2.75, 3.05) is 14.1 Å². The van der Waals surface area contributed by atoms with Crippen molar-refractivity contribution in [1.29, 1.82) is 0 Å². The van der Waals surface area contributed by atoms with Gasteiger partial charge in [0.15, 0.2) is 0 Å². The summed E-state index contributed by atoms with van der Waals surface area (Å²) in [5, 5.41) is 9.21. The summed E-state index contributed by atoms with van der Waals surface area (Å²) in [6.07, 6.45) is 0.844. The minimum Gasteiger partial charge on any atom is -0.480 e. The summed E-state index contributed by atoms with van der Waals surface area (Å²) >= 11 is 0. The van der Waals surface area contributed by atoms with E-state index in [1.807, 2.05) is 30.3 Å². The van der Waals surface area contributed by atoms with Crippen LogP contribution in [0.5, 0.6) is 0 Å². The van der Waals surface area contributed by atoms with Gasteiger partial charge in [-0.3, -0.25) is 9.59 Å². The lowest BCUT2D eigenvalue weighted by Crippen LogP contribution is -2.42. The van der Waals surface area contributed by atoms with Crippen molar-refractivity contribution in [2.45, 2.75) is 38.8 Å². The van der Waals surface area contributed by atoms with Crippen molar-refractivity contribution in [3.8, 4) is 0 Å². The van der Waals surface area contributed by atoms with Crippen LogP contribution < -0.4 is 0 Å². The zero-order valence-electron chi connectivity index (χ0n) is 13.9. The largest absolute Gasteiger partial charge is 0.480 e. The Kier molecular flexibility index (Phi) is 7.25. The molecule has 0 fully saturated rings. The van der Waals surface area contributed by atoms with Gasteiger partial charge in [0.2, 0.25) is 11.8 Å². The van der Waals surface area contributed by atoms with E-state index < -0.39 is 12.0 Å². The number of aliphatic carboxylic acids is 1. The first-order valence-corrected chi connectivity index (χ1v) is 7.59. The van der Waals surface area contributed by atoms with Crippen LogP contribution in [0.25, 0.3) is 0 Å². The van der Waals surface area contributed by atoms with Gasteiger partial charge < -0.3 is 14.9 Å². The molecule has 1 atom stereocenters. The molecular weight excluding hydrogens is 296 g/mol. The summed E-state index contributed by atoms with van der Waals surface area (Å²) in [6, 6.07) is 8.35. The van der Waals surface area contributed by atoms with Gasteiger partial charge in [0.1, 0.15) is 6.04 Å². The molecule has 2 amide bonds. The minimum atomic E-state index is -1.04. The Hall–Kier alpha value is -2.37. The van der Waals surface area contributed by atoms with E-state index >= 15 is 0 Å². The molecule has 0 aliphatic rings. The van der Waals surface area contributed by atoms with E-state index in [4.69, 9.17) is 0 Å². The van der Waals surface area contributed by atoms with E-state index in [-0.39, 0.29) is 31.2 Å². The Balaban J connectivity index is 2.69. The molecule has 1 unspecified atom stereocenters. The maximum Gasteiger partial charge on any atom is 0.326 e. The fraction of sp³-hybridized carbons (Fsp3) is 0.471. The van der Waals surface area contributed by atoms with Crippen molar-refractivity contribution >= 4 is 17.8 Å². The Morgan fingerprint density at radius 2 is 1.61 bits per heavy atom. The summed E-state index contributed by atoms with van der Waals surface area (Å²) in [4.78, 5) is 38.0. The standard InChI is InChI=1S/C17H24N2O4/c1-13(17(22)23)19(12-14-8-5-4-6-9-14)16(21)11-7-10-15(20)18(2)3/h4-6,8-9,13H,7,10-12H2,1-3H3,(H,22,23). The van der Waals surface area contributed by atoms with Crippen LogP contribution in [0, 0.1) is 0 Å². The average Bonchev–Trinajstić information content (AvgIpc) is 2.52. The number of carboxylic acid groups (broad SMARTS) is 1. The van der Waals surface area contributed by atoms with Gasteiger partial charge in [-0.2, -0.15) is 0 Å². The third-order valence-corrected chi connectivity index (χ3v) is 3.62. The molecule has 6 nitrogen and oxygen atoms in total. The summed E-state index contributed by atoms with van der Waals surface area (Å²) in [5.41, 5.74) is 0.873. The van der Waals surface area contributed by atoms with Crippen molar-refractivity contribution < 1.29 is 19.5 Å². The normalized spacial score (nSPS) is 11.6. The van der Waals surface area contributed by atoms with Gasteiger partial charge in [-0.15, -0.1) is 0 Å². The van der Waals surface area contributed by atoms with Crippen LogP contribution in [0.2, 0.25) is 0 Å².